The van der Waals surface area contributed by atoms with Crippen LogP contribution in [-0.2, 0) is 0 Å². The van der Waals surface area contributed by atoms with Crippen molar-refractivity contribution in [3.63, 3.8) is 0 Å². The zero-order valence-corrected chi connectivity index (χ0v) is 11.7. The van der Waals surface area contributed by atoms with Crippen molar-refractivity contribution >= 4 is 29.2 Å². The quantitative estimate of drug-likeness (QED) is 0.662. The molecule has 0 bridgehead atoms. The van der Waals surface area contributed by atoms with Gasteiger partial charge in [-0.3, -0.25) is 14.9 Å². The maximum atomic E-state index is 11.3. The first-order chi connectivity index (χ1) is 10.3. The molecule has 112 valence electrons. The van der Waals surface area contributed by atoms with Crippen molar-refractivity contribution in [2.75, 3.05) is 0 Å². The molecule has 7 nitrogen and oxygen atoms in total. The molecule has 0 unspecified atom stereocenters. The van der Waals surface area contributed by atoms with E-state index in [2.05, 4.69) is 0 Å². The zero-order valence-electron chi connectivity index (χ0n) is 10.9. The summed E-state index contributed by atoms with van der Waals surface area (Å²) in [4.78, 5) is 32.5. The van der Waals surface area contributed by atoms with Crippen LogP contribution in [0.3, 0.4) is 0 Å². The molecule has 8 heteroatoms. The van der Waals surface area contributed by atoms with Gasteiger partial charge in [-0.15, -0.1) is 0 Å². The second kappa shape index (κ2) is 5.82. The van der Waals surface area contributed by atoms with Crippen LogP contribution in [0.1, 0.15) is 20.7 Å². The number of carbonyl (C=O) groups is 2. The fourth-order valence-electron chi connectivity index (χ4n) is 1.94. The van der Waals surface area contributed by atoms with E-state index >= 15 is 0 Å². The number of halogens is 1. The van der Waals surface area contributed by atoms with Crippen molar-refractivity contribution < 1.29 is 19.6 Å². The molecule has 3 N–H and O–H groups in total. The highest BCUT2D eigenvalue weighted by Gasteiger charge is 2.20. The minimum absolute atomic E-state index is 0.0733. The Morgan fingerprint density at radius 2 is 1.68 bits per heavy atom. The van der Waals surface area contributed by atoms with Crippen molar-refractivity contribution in [1.29, 1.82) is 0 Å². The molecule has 0 radical (unpaired) electrons. The van der Waals surface area contributed by atoms with Crippen LogP contribution in [0.25, 0.3) is 11.1 Å². The number of benzene rings is 2. The van der Waals surface area contributed by atoms with Gasteiger partial charge in [0.05, 0.1) is 15.5 Å². The average Bonchev–Trinajstić information content (AvgIpc) is 2.46. The number of carboxylic acid groups (broad SMARTS) is 1. The maximum absolute atomic E-state index is 11.3. The molecule has 0 saturated heterocycles. The monoisotopic (exact) mass is 320 g/mol. The van der Waals surface area contributed by atoms with Gasteiger partial charge in [0.25, 0.3) is 5.69 Å². The third-order valence-electron chi connectivity index (χ3n) is 2.99. The number of hydrogen-bond donors (Lipinski definition) is 2. The Labute approximate surface area is 129 Å². The van der Waals surface area contributed by atoms with E-state index in [1.807, 2.05) is 0 Å². The summed E-state index contributed by atoms with van der Waals surface area (Å²) in [5, 5.41) is 20.1. The number of carbonyl (C=O) groups excluding carboxylic acids is 1. The number of primary amides is 1. The first-order valence-electron chi connectivity index (χ1n) is 5.92. The normalized spacial score (nSPS) is 10.2. The van der Waals surface area contributed by atoms with Gasteiger partial charge in [0.2, 0.25) is 5.91 Å². The van der Waals surface area contributed by atoms with Gasteiger partial charge < -0.3 is 10.8 Å². The molecule has 0 spiro atoms. The summed E-state index contributed by atoms with van der Waals surface area (Å²) in [6.07, 6.45) is 0. The molecule has 0 aliphatic heterocycles. The van der Waals surface area contributed by atoms with Gasteiger partial charge in [-0.1, -0.05) is 23.7 Å². The second-order valence-corrected chi connectivity index (χ2v) is 4.76. The molecular formula is C14H9ClN2O5. The fourth-order valence-corrected chi connectivity index (χ4v) is 2.15. The summed E-state index contributed by atoms with van der Waals surface area (Å²) >= 11 is 5.84. The molecule has 0 aromatic heterocycles. The lowest BCUT2D eigenvalue weighted by molar-refractivity contribution is -0.385. The Balaban J connectivity index is 2.61. The van der Waals surface area contributed by atoms with Gasteiger partial charge in [-0.25, -0.2) is 4.79 Å². The predicted molar refractivity (Wildman–Crippen MR) is 79.0 cm³/mol. The number of nitro groups is 1. The van der Waals surface area contributed by atoms with E-state index in [4.69, 9.17) is 22.4 Å². The van der Waals surface area contributed by atoms with Gasteiger partial charge in [-0.2, -0.15) is 0 Å². The minimum Gasteiger partial charge on any atom is -0.477 e. The first-order valence-corrected chi connectivity index (χ1v) is 6.30. The van der Waals surface area contributed by atoms with E-state index in [-0.39, 0.29) is 10.6 Å². The number of nitrogens with two attached hydrogens (primary N) is 1. The molecule has 0 saturated carbocycles. The molecule has 0 fully saturated rings. The summed E-state index contributed by atoms with van der Waals surface area (Å²) in [5.41, 5.74) is 5.14. The zero-order chi connectivity index (χ0) is 16.4. The van der Waals surface area contributed by atoms with E-state index in [1.54, 1.807) is 6.07 Å². The third-order valence-corrected chi connectivity index (χ3v) is 3.32. The third kappa shape index (κ3) is 2.89. The van der Waals surface area contributed by atoms with Crippen LogP contribution in [0.5, 0.6) is 0 Å². The number of nitrogens with zero attached hydrogens (tertiary/aromatic N) is 1. The maximum Gasteiger partial charge on any atom is 0.342 e. The van der Waals surface area contributed by atoms with Gasteiger partial charge in [0.15, 0.2) is 0 Å². The summed E-state index contributed by atoms with van der Waals surface area (Å²) < 4.78 is 0. The lowest BCUT2D eigenvalue weighted by atomic mass is 10.0. The molecule has 2 aromatic carbocycles. The van der Waals surface area contributed by atoms with Crippen LogP contribution in [0.15, 0.2) is 36.4 Å². The molecule has 2 aromatic rings. The Hall–Kier alpha value is -2.93. The largest absolute Gasteiger partial charge is 0.477 e. The van der Waals surface area contributed by atoms with E-state index in [0.29, 0.717) is 11.1 Å². The van der Waals surface area contributed by atoms with Gasteiger partial charge in [-0.05, 0) is 29.3 Å². The predicted octanol–water partition coefficient (Wildman–Crippen LogP) is 2.71. The lowest BCUT2D eigenvalue weighted by Crippen LogP contribution is -2.11. The number of nitro benzene ring substituents is 1. The molecule has 0 heterocycles. The average molecular weight is 321 g/mol. The van der Waals surface area contributed by atoms with E-state index in [1.165, 1.54) is 18.2 Å². The van der Waals surface area contributed by atoms with Crippen molar-refractivity contribution in [2.45, 2.75) is 0 Å². The van der Waals surface area contributed by atoms with Crippen molar-refractivity contribution in [3.05, 3.63) is 62.7 Å². The number of aromatic carboxylic acids is 1. The number of hydrogen-bond acceptors (Lipinski definition) is 4. The molecular weight excluding hydrogens is 312 g/mol. The Bertz CT molecular complexity index is 804. The number of carboxylic acids is 1. The van der Waals surface area contributed by atoms with Crippen LogP contribution in [0.4, 0.5) is 5.69 Å². The summed E-state index contributed by atoms with van der Waals surface area (Å²) in [6, 6.07) is 8.04. The van der Waals surface area contributed by atoms with Gasteiger partial charge >= 0.3 is 5.97 Å². The van der Waals surface area contributed by atoms with Gasteiger partial charge in [0.1, 0.15) is 5.56 Å². The molecule has 0 aliphatic carbocycles. The highest BCUT2D eigenvalue weighted by Crippen LogP contribution is 2.29. The molecule has 0 aliphatic rings. The molecule has 1 amide bonds. The fraction of sp³-hybridized carbons (Fsp3) is 0. The Morgan fingerprint density at radius 3 is 2.23 bits per heavy atom. The SMILES string of the molecule is NC(=O)c1cc(-c2ccc(C(=O)O)c([N+](=O)[O-])c2)ccc1Cl. The smallest absolute Gasteiger partial charge is 0.342 e. The van der Waals surface area contributed by atoms with Crippen LogP contribution >= 0.6 is 11.6 Å². The Kier molecular flexibility index (Phi) is 4.09. The van der Waals surface area contributed by atoms with E-state index < -0.39 is 28.1 Å². The van der Waals surface area contributed by atoms with Crippen LogP contribution < -0.4 is 5.73 Å². The van der Waals surface area contributed by atoms with E-state index in [9.17, 15) is 19.7 Å². The van der Waals surface area contributed by atoms with Crippen molar-refractivity contribution in [1.82, 2.24) is 0 Å². The van der Waals surface area contributed by atoms with E-state index in [0.717, 1.165) is 12.1 Å². The summed E-state index contributed by atoms with van der Waals surface area (Å²) in [5.74, 6) is -2.13. The minimum atomic E-state index is -1.40. The Morgan fingerprint density at radius 1 is 1.09 bits per heavy atom. The first kappa shape index (κ1) is 15.5. The summed E-state index contributed by atoms with van der Waals surface area (Å²) in [6.45, 7) is 0. The molecule has 2 rings (SSSR count). The number of amides is 1. The van der Waals surface area contributed by atoms with Crippen LogP contribution in [0, 0.1) is 10.1 Å². The number of rotatable bonds is 4. The highest BCUT2D eigenvalue weighted by molar-refractivity contribution is 6.33. The summed E-state index contributed by atoms with van der Waals surface area (Å²) in [7, 11) is 0. The van der Waals surface area contributed by atoms with Crippen molar-refractivity contribution in [3.8, 4) is 11.1 Å². The highest BCUT2D eigenvalue weighted by atomic mass is 35.5. The van der Waals surface area contributed by atoms with Crippen LogP contribution in [0.2, 0.25) is 5.02 Å². The second-order valence-electron chi connectivity index (χ2n) is 4.35. The molecule has 0 atom stereocenters. The van der Waals surface area contributed by atoms with Crippen molar-refractivity contribution in [2.24, 2.45) is 5.73 Å². The van der Waals surface area contributed by atoms with Gasteiger partial charge in [0, 0.05) is 6.07 Å². The standard InChI is InChI=1S/C14H9ClN2O5/c15-11-4-2-7(5-10(11)13(16)18)8-1-3-9(14(19)20)12(6-8)17(21)22/h1-6H,(H2,16,18)(H,19,20). The van der Waals surface area contributed by atoms with Crippen LogP contribution in [-0.4, -0.2) is 21.9 Å². The lowest BCUT2D eigenvalue weighted by Gasteiger charge is -2.06. The molecule has 22 heavy (non-hydrogen) atoms. The topological polar surface area (TPSA) is 124 Å².